The zero-order valence-electron chi connectivity index (χ0n) is 6.62. The highest BCUT2D eigenvalue weighted by atomic mass is 19.3. The van der Waals surface area contributed by atoms with Gasteiger partial charge in [0.15, 0.2) is 0 Å². The molecule has 0 heterocycles. The molecular formula is C8H11F2N. The zero-order chi connectivity index (χ0) is 9.07. The van der Waals surface area contributed by atoms with Crippen LogP contribution in [0, 0.1) is 5.41 Å². The van der Waals surface area contributed by atoms with Gasteiger partial charge in [0.1, 0.15) is 0 Å². The van der Waals surface area contributed by atoms with Crippen LogP contribution in [0.1, 0.15) is 13.8 Å². The molecule has 3 heteroatoms. The van der Waals surface area contributed by atoms with Gasteiger partial charge in [0, 0.05) is 11.8 Å². The van der Waals surface area contributed by atoms with E-state index in [2.05, 4.69) is 6.58 Å². The highest BCUT2D eigenvalue weighted by molar-refractivity contribution is 5.79. The lowest BCUT2D eigenvalue weighted by atomic mass is 10.0. The second kappa shape index (κ2) is 3.42. The number of hydrogen-bond acceptors (Lipinski definition) is 1. The lowest BCUT2D eigenvalue weighted by Crippen LogP contribution is -2.20. The minimum atomic E-state index is -3.06. The summed E-state index contributed by atoms with van der Waals surface area (Å²) < 4.78 is 25.8. The van der Waals surface area contributed by atoms with Gasteiger partial charge in [-0.15, -0.1) is 0 Å². The Balaban J connectivity index is 4.80. The molecule has 11 heavy (non-hydrogen) atoms. The first-order chi connectivity index (χ1) is 4.96. The third-order valence-corrected chi connectivity index (χ3v) is 1.37. The van der Waals surface area contributed by atoms with Crippen LogP contribution in [-0.2, 0) is 0 Å². The van der Waals surface area contributed by atoms with Gasteiger partial charge in [0.25, 0.3) is 5.92 Å². The monoisotopic (exact) mass is 159 g/mol. The van der Waals surface area contributed by atoms with E-state index >= 15 is 0 Å². The normalized spacial score (nSPS) is 12.9. The minimum Gasteiger partial charge on any atom is -0.308 e. The Morgan fingerprint density at radius 3 is 2.09 bits per heavy atom. The topological polar surface area (TPSA) is 23.9 Å². The molecule has 0 radical (unpaired) electrons. The molecule has 0 unspecified atom stereocenters. The highest BCUT2D eigenvalue weighted by Gasteiger charge is 2.33. The zero-order valence-corrected chi connectivity index (χ0v) is 6.62. The van der Waals surface area contributed by atoms with Crippen LogP contribution in [0.5, 0.6) is 0 Å². The first-order valence-electron chi connectivity index (χ1n) is 3.17. The second-order valence-electron chi connectivity index (χ2n) is 2.24. The smallest absolute Gasteiger partial charge is 0.295 e. The number of halogens is 2. The summed E-state index contributed by atoms with van der Waals surface area (Å²) in [6, 6.07) is 0. The molecule has 0 atom stereocenters. The van der Waals surface area contributed by atoms with Gasteiger partial charge in [0.05, 0.1) is 0 Å². The Hall–Kier alpha value is -0.990. The van der Waals surface area contributed by atoms with Crippen molar-refractivity contribution in [2.45, 2.75) is 19.8 Å². The van der Waals surface area contributed by atoms with Crippen LogP contribution in [0.4, 0.5) is 8.78 Å². The van der Waals surface area contributed by atoms with Crippen LogP contribution >= 0.6 is 0 Å². The predicted octanol–water partition coefficient (Wildman–Crippen LogP) is 2.79. The summed E-state index contributed by atoms with van der Waals surface area (Å²) in [5, 5.41) is 6.69. The van der Waals surface area contributed by atoms with E-state index in [1.165, 1.54) is 19.9 Å². The van der Waals surface area contributed by atoms with Crippen molar-refractivity contribution in [1.82, 2.24) is 0 Å². The van der Waals surface area contributed by atoms with Crippen LogP contribution in [0.15, 0.2) is 23.8 Å². The SMILES string of the molecule is C=C(C)C(F)(F)/C(C=N)=C/C. The van der Waals surface area contributed by atoms with Gasteiger partial charge in [-0.05, 0) is 19.4 Å². The standard InChI is InChI=1S/C8H11F2N/c1-4-7(5-11)8(9,10)6(2)3/h4-5,11H,2H2,1,3H3/b7-4+,11-5?. The van der Waals surface area contributed by atoms with Crippen molar-refractivity contribution in [3.05, 3.63) is 23.8 Å². The van der Waals surface area contributed by atoms with Crippen molar-refractivity contribution >= 4 is 6.21 Å². The van der Waals surface area contributed by atoms with Crippen molar-refractivity contribution in [2.24, 2.45) is 0 Å². The van der Waals surface area contributed by atoms with Crippen molar-refractivity contribution in [2.75, 3.05) is 0 Å². The Bertz CT molecular complexity index is 204. The maximum atomic E-state index is 12.9. The maximum absolute atomic E-state index is 12.9. The summed E-state index contributed by atoms with van der Waals surface area (Å²) in [4.78, 5) is 0. The van der Waals surface area contributed by atoms with Crippen LogP contribution in [0.2, 0.25) is 0 Å². The molecule has 0 spiro atoms. The van der Waals surface area contributed by atoms with E-state index in [1.807, 2.05) is 0 Å². The molecule has 0 fully saturated rings. The first kappa shape index (κ1) is 10.0. The van der Waals surface area contributed by atoms with E-state index in [4.69, 9.17) is 5.41 Å². The molecule has 0 rings (SSSR count). The fourth-order valence-corrected chi connectivity index (χ4v) is 0.602. The van der Waals surface area contributed by atoms with Crippen LogP contribution in [0.25, 0.3) is 0 Å². The Labute approximate surface area is 64.9 Å². The van der Waals surface area contributed by atoms with E-state index in [1.54, 1.807) is 0 Å². The van der Waals surface area contributed by atoms with Crippen molar-refractivity contribution < 1.29 is 8.78 Å². The molecular weight excluding hydrogens is 148 g/mol. The van der Waals surface area contributed by atoms with E-state index in [9.17, 15) is 8.78 Å². The molecule has 1 nitrogen and oxygen atoms in total. The summed E-state index contributed by atoms with van der Waals surface area (Å²) >= 11 is 0. The van der Waals surface area contributed by atoms with Crippen LogP contribution in [-0.4, -0.2) is 12.1 Å². The van der Waals surface area contributed by atoms with E-state index in [-0.39, 0.29) is 11.1 Å². The van der Waals surface area contributed by atoms with Crippen LogP contribution in [0.3, 0.4) is 0 Å². The third-order valence-electron chi connectivity index (χ3n) is 1.37. The number of rotatable bonds is 3. The van der Waals surface area contributed by atoms with Gasteiger partial charge in [-0.25, -0.2) is 0 Å². The average molecular weight is 159 g/mol. The van der Waals surface area contributed by atoms with Crippen molar-refractivity contribution in [1.29, 1.82) is 5.41 Å². The summed E-state index contributed by atoms with van der Waals surface area (Å²) in [6.07, 6.45) is 1.86. The molecule has 62 valence electrons. The van der Waals surface area contributed by atoms with Gasteiger partial charge in [-0.1, -0.05) is 12.7 Å². The molecule has 0 aliphatic rings. The lowest BCUT2D eigenvalue weighted by molar-refractivity contribution is 0.0907. The molecule has 0 aromatic heterocycles. The lowest BCUT2D eigenvalue weighted by Gasteiger charge is -2.16. The van der Waals surface area contributed by atoms with Gasteiger partial charge in [-0.3, -0.25) is 0 Å². The summed E-state index contributed by atoms with van der Waals surface area (Å²) in [5.41, 5.74) is -0.556. The van der Waals surface area contributed by atoms with Crippen molar-refractivity contribution in [3.63, 3.8) is 0 Å². The van der Waals surface area contributed by atoms with Crippen LogP contribution < -0.4 is 0 Å². The molecule has 0 saturated heterocycles. The minimum absolute atomic E-state index is 0.242. The molecule has 0 aromatic carbocycles. The number of allylic oxidation sites excluding steroid dienone is 3. The fraction of sp³-hybridized carbons (Fsp3) is 0.375. The Morgan fingerprint density at radius 2 is 2.00 bits per heavy atom. The second-order valence-corrected chi connectivity index (χ2v) is 2.24. The first-order valence-corrected chi connectivity index (χ1v) is 3.17. The van der Waals surface area contributed by atoms with E-state index in [0.29, 0.717) is 6.21 Å². The van der Waals surface area contributed by atoms with E-state index in [0.717, 1.165) is 0 Å². The third kappa shape index (κ3) is 1.97. The van der Waals surface area contributed by atoms with Gasteiger partial charge >= 0.3 is 0 Å². The highest BCUT2D eigenvalue weighted by Crippen LogP contribution is 2.29. The number of alkyl halides is 2. The van der Waals surface area contributed by atoms with Gasteiger partial charge in [-0.2, -0.15) is 8.78 Å². The molecule has 0 bridgehead atoms. The molecule has 0 amide bonds. The molecule has 0 aromatic rings. The Kier molecular flexibility index (Phi) is 3.11. The quantitative estimate of drug-likeness (QED) is 0.483. The molecule has 0 aliphatic heterocycles. The fourth-order valence-electron chi connectivity index (χ4n) is 0.602. The Morgan fingerprint density at radius 1 is 1.55 bits per heavy atom. The summed E-state index contributed by atoms with van der Waals surface area (Å²) in [7, 11) is 0. The molecule has 0 saturated carbocycles. The maximum Gasteiger partial charge on any atom is 0.295 e. The summed E-state index contributed by atoms with van der Waals surface area (Å²) in [5.74, 6) is -3.06. The van der Waals surface area contributed by atoms with Crippen molar-refractivity contribution in [3.8, 4) is 0 Å². The van der Waals surface area contributed by atoms with Gasteiger partial charge < -0.3 is 5.41 Å². The largest absolute Gasteiger partial charge is 0.308 e. The average Bonchev–Trinajstić information content (AvgIpc) is 1.89. The molecule has 0 aliphatic carbocycles. The predicted molar refractivity (Wildman–Crippen MR) is 42.3 cm³/mol. The van der Waals surface area contributed by atoms with Gasteiger partial charge in [0.2, 0.25) is 0 Å². The van der Waals surface area contributed by atoms with E-state index < -0.39 is 5.92 Å². The number of hydrogen-bond donors (Lipinski definition) is 1. The molecule has 1 N–H and O–H groups in total. The summed E-state index contributed by atoms with van der Waals surface area (Å²) in [6.45, 7) is 5.86. The number of nitrogens with one attached hydrogen (secondary N) is 1.